The average Bonchev–Trinajstić information content (AvgIpc) is 3.20. The molecule has 4 nitrogen and oxygen atoms in total. The second-order valence-corrected chi connectivity index (χ2v) is 7.00. The third-order valence-electron chi connectivity index (χ3n) is 4.14. The van der Waals surface area contributed by atoms with E-state index >= 15 is 0 Å². The Hall–Kier alpha value is -2.37. The van der Waals surface area contributed by atoms with E-state index < -0.39 is 0 Å². The van der Waals surface area contributed by atoms with Crippen molar-refractivity contribution in [1.29, 1.82) is 0 Å². The molecule has 2 aromatic heterocycles. The molecule has 0 saturated heterocycles. The van der Waals surface area contributed by atoms with Gasteiger partial charge in [0.2, 0.25) is 5.91 Å². The number of H-pyrrole nitrogens is 1. The molecular formula is C18H14ClN3OS. The topological polar surface area (TPSA) is 57.8 Å². The molecular weight excluding hydrogens is 342 g/mol. The van der Waals surface area contributed by atoms with Crippen LogP contribution in [0.4, 0.5) is 5.13 Å². The van der Waals surface area contributed by atoms with Crippen molar-refractivity contribution >= 4 is 55.8 Å². The number of hydrogen-bond acceptors (Lipinski definition) is 3. The van der Waals surface area contributed by atoms with Gasteiger partial charge in [0.25, 0.3) is 0 Å². The Morgan fingerprint density at radius 2 is 2.08 bits per heavy atom. The molecule has 0 unspecified atom stereocenters. The van der Waals surface area contributed by atoms with Crippen LogP contribution in [0, 0.1) is 0 Å². The predicted octanol–water partition coefficient (Wildman–Crippen LogP) is 5.17. The van der Waals surface area contributed by atoms with Crippen molar-refractivity contribution in [2.75, 3.05) is 5.32 Å². The van der Waals surface area contributed by atoms with E-state index in [4.69, 9.17) is 11.6 Å². The summed E-state index contributed by atoms with van der Waals surface area (Å²) in [5.74, 6) is -0.336. The molecule has 1 amide bonds. The van der Waals surface area contributed by atoms with Crippen LogP contribution < -0.4 is 5.32 Å². The van der Waals surface area contributed by atoms with Gasteiger partial charge in [-0.05, 0) is 36.8 Å². The van der Waals surface area contributed by atoms with Crippen molar-refractivity contribution in [2.45, 2.75) is 12.8 Å². The number of fused-ring (bicyclic) bond motifs is 3. The first-order valence-corrected chi connectivity index (χ1v) is 8.79. The summed E-state index contributed by atoms with van der Waals surface area (Å²) in [6.45, 7) is 1.89. The fraction of sp³-hybridized carbons (Fsp3) is 0.111. The molecule has 0 fully saturated rings. The Kier molecular flexibility index (Phi) is 3.75. The van der Waals surface area contributed by atoms with Crippen molar-refractivity contribution in [3.05, 3.63) is 58.6 Å². The van der Waals surface area contributed by atoms with Crippen LogP contribution in [0.3, 0.4) is 0 Å². The van der Waals surface area contributed by atoms with Gasteiger partial charge >= 0.3 is 0 Å². The summed E-state index contributed by atoms with van der Waals surface area (Å²) in [4.78, 5) is 19.9. The summed E-state index contributed by atoms with van der Waals surface area (Å²) in [5.41, 5.74) is 2.99. The Bertz CT molecular complexity index is 1040. The highest BCUT2D eigenvalue weighted by atomic mass is 35.5. The molecule has 0 aliphatic rings. The number of nitrogens with zero attached hydrogens (tertiary/aromatic N) is 1. The highest BCUT2D eigenvalue weighted by molar-refractivity contribution is 7.13. The third kappa shape index (κ3) is 2.66. The van der Waals surface area contributed by atoms with E-state index in [9.17, 15) is 4.79 Å². The fourth-order valence-corrected chi connectivity index (χ4v) is 3.52. The molecule has 0 bridgehead atoms. The number of aromatic amines is 1. The number of benzene rings is 2. The van der Waals surface area contributed by atoms with Gasteiger partial charge in [0.15, 0.2) is 5.13 Å². The number of aromatic nitrogens is 2. The molecule has 4 rings (SSSR count). The third-order valence-corrected chi connectivity index (χ3v) is 5.06. The minimum absolute atomic E-state index is 0.0662. The van der Waals surface area contributed by atoms with Crippen molar-refractivity contribution in [1.82, 2.24) is 9.97 Å². The van der Waals surface area contributed by atoms with Crippen LogP contribution in [0.1, 0.15) is 18.4 Å². The van der Waals surface area contributed by atoms with Gasteiger partial charge in [-0.3, -0.25) is 4.79 Å². The van der Waals surface area contributed by atoms with Gasteiger partial charge in [0.1, 0.15) is 0 Å². The number of halogens is 1. The summed E-state index contributed by atoms with van der Waals surface area (Å²) in [5, 5.41) is 8.20. The summed E-state index contributed by atoms with van der Waals surface area (Å²) in [6.07, 6.45) is 1.67. The molecule has 1 atom stereocenters. The zero-order valence-electron chi connectivity index (χ0n) is 12.8. The largest absolute Gasteiger partial charge is 0.355 e. The van der Waals surface area contributed by atoms with Crippen molar-refractivity contribution < 1.29 is 4.79 Å². The number of anilines is 1. The minimum atomic E-state index is -0.270. The molecule has 0 spiro atoms. The number of amides is 1. The Balaban J connectivity index is 1.69. The number of rotatable bonds is 3. The van der Waals surface area contributed by atoms with Crippen LogP contribution in [0.2, 0.25) is 5.02 Å². The maximum atomic E-state index is 12.4. The smallest absolute Gasteiger partial charge is 0.233 e. The lowest BCUT2D eigenvalue weighted by Gasteiger charge is -2.11. The van der Waals surface area contributed by atoms with Crippen LogP contribution in [-0.4, -0.2) is 15.9 Å². The van der Waals surface area contributed by atoms with Crippen LogP contribution in [0.15, 0.2) is 48.0 Å². The minimum Gasteiger partial charge on any atom is -0.355 e. The van der Waals surface area contributed by atoms with E-state index in [0.29, 0.717) is 10.2 Å². The fourth-order valence-electron chi connectivity index (χ4n) is 2.81. The zero-order chi connectivity index (χ0) is 16.7. The molecule has 4 aromatic rings. The highest BCUT2D eigenvalue weighted by Crippen LogP contribution is 2.30. The molecule has 0 saturated carbocycles. The van der Waals surface area contributed by atoms with Crippen molar-refractivity contribution in [3.63, 3.8) is 0 Å². The molecule has 120 valence electrons. The Labute approximate surface area is 147 Å². The van der Waals surface area contributed by atoms with Gasteiger partial charge in [-0.1, -0.05) is 23.7 Å². The van der Waals surface area contributed by atoms with Gasteiger partial charge in [-0.25, -0.2) is 4.98 Å². The van der Waals surface area contributed by atoms with Crippen LogP contribution in [0.5, 0.6) is 0 Å². The molecule has 2 N–H and O–H groups in total. The number of thiazole rings is 1. The van der Waals surface area contributed by atoms with Crippen LogP contribution >= 0.6 is 22.9 Å². The van der Waals surface area contributed by atoms with E-state index in [1.54, 1.807) is 6.20 Å². The van der Waals surface area contributed by atoms with Crippen molar-refractivity contribution in [3.8, 4) is 0 Å². The monoisotopic (exact) mass is 355 g/mol. The quantitative estimate of drug-likeness (QED) is 0.532. The Morgan fingerprint density at radius 1 is 1.21 bits per heavy atom. The first kappa shape index (κ1) is 15.2. The van der Waals surface area contributed by atoms with E-state index in [-0.39, 0.29) is 11.8 Å². The number of carbonyl (C=O) groups is 1. The van der Waals surface area contributed by atoms with Gasteiger partial charge < -0.3 is 10.3 Å². The summed E-state index contributed by atoms with van der Waals surface area (Å²) in [6, 6.07) is 11.8. The van der Waals surface area contributed by atoms with Gasteiger partial charge in [0, 0.05) is 38.4 Å². The molecule has 0 aliphatic carbocycles. The summed E-state index contributed by atoms with van der Waals surface area (Å²) in [7, 11) is 0. The number of hydrogen-bond donors (Lipinski definition) is 2. The summed E-state index contributed by atoms with van der Waals surface area (Å²) < 4.78 is 0. The van der Waals surface area contributed by atoms with Crippen molar-refractivity contribution in [2.24, 2.45) is 0 Å². The SMILES string of the molecule is C[C@@H](C(=O)Nc1nccs1)c1ccc2c(c1)[nH]c1ccc(Cl)cc12. The number of nitrogens with one attached hydrogen (secondary N) is 2. The first-order chi connectivity index (χ1) is 11.6. The van der Waals surface area contributed by atoms with Crippen LogP contribution in [-0.2, 0) is 4.79 Å². The molecule has 6 heteroatoms. The average molecular weight is 356 g/mol. The van der Waals surface area contributed by atoms with Gasteiger partial charge in [-0.15, -0.1) is 11.3 Å². The maximum Gasteiger partial charge on any atom is 0.233 e. The lowest BCUT2D eigenvalue weighted by molar-refractivity contribution is -0.117. The predicted molar refractivity (Wildman–Crippen MR) is 100.0 cm³/mol. The maximum absolute atomic E-state index is 12.4. The molecule has 2 aromatic carbocycles. The molecule has 2 heterocycles. The Morgan fingerprint density at radius 3 is 2.88 bits per heavy atom. The van der Waals surface area contributed by atoms with E-state index in [0.717, 1.165) is 27.4 Å². The molecule has 0 aliphatic heterocycles. The lowest BCUT2D eigenvalue weighted by atomic mass is 9.99. The molecule has 0 radical (unpaired) electrons. The summed E-state index contributed by atoms with van der Waals surface area (Å²) >= 11 is 7.50. The zero-order valence-corrected chi connectivity index (χ0v) is 14.4. The van der Waals surface area contributed by atoms with E-state index in [1.165, 1.54) is 11.3 Å². The van der Waals surface area contributed by atoms with Gasteiger partial charge in [-0.2, -0.15) is 0 Å². The first-order valence-electron chi connectivity index (χ1n) is 7.53. The van der Waals surface area contributed by atoms with Gasteiger partial charge in [0.05, 0.1) is 5.92 Å². The standard InChI is InChI=1S/C18H14ClN3OS/c1-10(17(23)22-18-20-6-7-24-18)11-2-4-13-14-9-12(19)3-5-15(14)21-16(13)8-11/h2-10,21H,1H3,(H,20,22,23)/t10-/m1/s1. The normalized spacial score (nSPS) is 12.6. The van der Waals surface area contributed by atoms with E-state index in [2.05, 4.69) is 15.3 Å². The van der Waals surface area contributed by atoms with E-state index in [1.807, 2.05) is 48.7 Å². The lowest BCUT2D eigenvalue weighted by Crippen LogP contribution is -2.18. The second-order valence-electron chi connectivity index (χ2n) is 5.67. The second kappa shape index (κ2) is 5.92. The highest BCUT2D eigenvalue weighted by Gasteiger charge is 2.17. The molecule has 24 heavy (non-hydrogen) atoms. The van der Waals surface area contributed by atoms with Crippen LogP contribution in [0.25, 0.3) is 21.8 Å². The number of carbonyl (C=O) groups excluding carboxylic acids is 1.